The number of nitrogens with zero attached hydrogens (tertiary/aromatic N) is 1. The normalized spacial score (nSPS) is 26.8. The maximum atomic E-state index is 3.45. The fourth-order valence-corrected chi connectivity index (χ4v) is 4.35. The SMILES string of the molecule is CCC1(CC)CCN(CC2(CNC)CCCC2)C1. The fraction of sp³-hybridized carbons (Fsp3) is 1.00. The second kappa shape index (κ2) is 5.92. The molecule has 0 bridgehead atoms. The van der Waals surface area contributed by atoms with Crippen molar-refractivity contribution >= 4 is 0 Å². The molecule has 2 rings (SSSR count). The minimum Gasteiger partial charge on any atom is -0.319 e. The van der Waals surface area contributed by atoms with Gasteiger partial charge in [0.05, 0.1) is 0 Å². The highest BCUT2D eigenvalue weighted by molar-refractivity contribution is 4.94. The molecule has 0 atom stereocenters. The van der Waals surface area contributed by atoms with Gasteiger partial charge in [0.25, 0.3) is 0 Å². The molecule has 0 radical (unpaired) electrons. The second-order valence-electron chi connectivity index (χ2n) is 6.91. The van der Waals surface area contributed by atoms with Gasteiger partial charge in [0.2, 0.25) is 0 Å². The molecular formula is C16H32N2. The first-order chi connectivity index (χ1) is 8.67. The van der Waals surface area contributed by atoms with E-state index in [1.807, 2.05) is 0 Å². The van der Waals surface area contributed by atoms with Crippen molar-refractivity contribution in [2.45, 2.75) is 58.8 Å². The van der Waals surface area contributed by atoms with Crippen LogP contribution in [0.3, 0.4) is 0 Å². The molecule has 0 aromatic heterocycles. The monoisotopic (exact) mass is 252 g/mol. The van der Waals surface area contributed by atoms with E-state index in [2.05, 4.69) is 31.1 Å². The smallest absolute Gasteiger partial charge is 0.00504 e. The molecule has 1 heterocycles. The molecule has 2 fully saturated rings. The molecular weight excluding hydrogens is 220 g/mol. The van der Waals surface area contributed by atoms with Crippen LogP contribution in [0.15, 0.2) is 0 Å². The van der Waals surface area contributed by atoms with Gasteiger partial charge in [0, 0.05) is 19.6 Å². The average Bonchev–Trinajstić information content (AvgIpc) is 2.98. The molecule has 1 aliphatic carbocycles. The number of rotatable bonds is 6. The van der Waals surface area contributed by atoms with E-state index >= 15 is 0 Å². The summed E-state index contributed by atoms with van der Waals surface area (Å²) in [6, 6.07) is 0. The van der Waals surface area contributed by atoms with Crippen LogP contribution in [-0.2, 0) is 0 Å². The van der Waals surface area contributed by atoms with Gasteiger partial charge < -0.3 is 10.2 Å². The summed E-state index contributed by atoms with van der Waals surface area (Å²) in [6.45, 7) is 10.0. The predicted molar refractivity (Wildman–Crippen MR) is 78.9 cm³/mol. The average molecular weight is 252 g/mol. The summed E-state index contributed by atoms with van der Waals surface area (Å²) in [5.41, 5.74) is 1.23. The van der Waals surface area contributed by atoms with Gasteiger partial charge in [0.15, 0.2) is 0 Å². The minimum atomic E-state index is 0.590. The summed E-state index contributed by atoms with van der Waals surface area (Å²) in [5.74, 6) is 0. The molecule has 18 heavy (non-hydrogen) atoms. The Hall–Kier alpha value is -0.0800. The summed E-state index contributed by atoms with van der Waals surface area (Å²) in [7, 11) is 2.12. The molecule has 0 spiro atoms. The lowest BCUT2D eigenvalue weighted by molar-refractivity contribution is 0.154. The topological polar surface area (TPSA) is 15.3 Å². The minimum absolute atomic E-state index is 0.590. The fourth-order valence-electron chi connectivity index (χ4n) is 4.35. The Kier molecular flexibility index (Phi) is 4.71. The van der Waals surface area contributed by atoms with Crippen LogP contribution >= 0.6 is 0 Å². The summed E-state index contributed by atoms with van der Waals surface area (Å²) in [5, 5.41) is 3.45. The Morgan fingerprint density at radius 2 is 1.67 bits per heavy atom. The number of nitrogens with one attached hydrogen (secondary N) is 1. The highest BCUT2D eigenvalue weighted by Crippen LogP contribution is 2.42. The quantitative estimate of drug-likeness (QED) is 0.780. The molecule has 0 unspecified atom stereocenters. The second-order valence-corrected chi connectivity index (χ2v) is 6.91. The van der Waals surface area contributed by atoms with Crippen molar-refractivity contribution in [1.29, 1.82) is 0 Å². The van der Waals surface area contributed by atoms with Crippen molar-refractivity contribution < 1.29 is 0 Å². The first kappa shape index (κ1) is 14.3. The molecule has 2 nitrogen and oxygen atoms in total. The molecule has 2 heteroatoms. The highest BCUT2D eigenvalue weighted by atomic mass is 15.2. The zero-order valence-electron chi connectivity index (χ0n) is 12.7. The van der Waals surface area contributed by atoms with Gasteiger partial charge in [-0.1, -0.05) is 26.7 Å². The first-order valence-corrected chi connectivity index (χ1v) is 8.04. The van der Waals surface area contributed by atoms with E-state index in [1.165, 1.54) is 71.1 Å². The molecule has 106 valence electrons. The Balaban J connectivity index is 1.93. The van der Waals surface area contributed by atoms with E-state index < -0.39 is 0 Å². The summed E-state index contributed by atoms with van der Waals surface area (Å²) in [6.07, 6.45) is 9.92. The third-order valence-electron chi connectivity index (χ3n) is 5.79. The van der Waals surface area contributed by atoms with Gasteiger partial charge in [-0.05, 0) is 56.5 Å². The third-order valence-corrected chi connectivity index (χ3v) is 5.79. The Labute approximate surface area is 114 Å². The molecule has 1 aliphatic heterocycles. The van der Waals surface area contributed by atoms with Crippen LogP contribution < -0.4 is 5.32 Å². The largest absolute Gasteiger partial charge is 0.319 e. The molecule has 2 aliphatic rings. The lowest BCUT2D eigenvalue weighted by Crippen LogP contribution is -2.41. The van der Waals surface area contributed by atoms with Crippen LogP contribution in [0.25, 0.3) is 0 Å². The van der Waals surface area contributed by atoms with Crippen LogP contribution in [0.4, 0.5) is 0 Å². The van der Waals surface area contributed by atoms with E-state index in [-0.39, 0.29) is 0 Å². The lowest BCUT2D eigenvalue weighted by atomic mass is 9.81. The van der Waals surface area contributed by atoms with E-state index in [4.69, 9.17) is 0 Å². The van der Waals surface area contributed by atoms with E-state index in [1.54, 1.807) is 0 Å². The van der Waals surface area contributed by atoms with E-state index in [0.29, 0.717) is 10.8 Å². The van der Waals surface area contributed by atoms with Gasteiger partial charge in [0.1, 0.15) is 0 Å². The van der Waals surface area contributed by atoms with Crippen LogP contribution in [0, 0.1) is 10.8 Å². The number of likely N-dealkylation sites (tertiary alicyclic amines) is 1. The van der Waals surface area contributed by atoms with Gasteiger partial charge in [-0.2, -0.15) is 0 Å². The molecule has 1 N–H and O–H groups in total. The zero-order chi connectivity index (χ0) is 13.1. The Morgan fingerprint density at radius 1 is 1.00 bits per heavy atom. The summed E-state index contributed by atoms with van der Waals surface area (Å²) < 4.78 is 0. The maximum Gasteiger partial charge on any atom is 0.00504 e. The van der Waals surface area contributed by atoms with Crippen molar-refractivity contribution in [2.24, 2.45) is 10.8 Å². The van der Waals surface area contributed by atoms with Crippen LogP contribution in [0.5, 0.6) is 0 Å². The lowest BCUT2D eigenvalue weighted by Gasteiger charge is -2.35. The summed E-state index contributed by atoms with van der Waals surface area (Å²) in [4.78, 5) is 2.77. The van der Waals surface area contributed by atoms with Gasteiger partial charge in [-0.3, -0.25) is 0 Å². The standard InChI is InChI=1S/C16H32N2/c1-4-15(5-2)10-11-18(13-15)14-16(12-17-3)8-6-7-9-16/h17H,4-14H2,1-3H3. The first-order valence-electron chi connectivity index (χ1n) is 8.04. The van der Waals surface area contributed by atoms with Crippen molar-refractivity contribution in [3.8, 4) is 0 Å². The maximum absolute atomic E-state index is 3.45. The van der Waals surface area contributed by atoms with E-state index in [0.717, 1.165) is 0 Å². The number of hydrogen-bond donors (Lipinski definition) is 1. The number of hydrogen-bond acceptors (Lipinski definition) is 2. The summed E-state index contributed by atoms with van der Waals surface area (Å²) >= 11 is 0. The van der Waals surface area contributed by atoms with Crippen molar-refractivity contribution in [1.82, 2.24) is 10.2 Å². The molecule has 1 saturated heterocycles. The Morgan fingerprint density at radius 3 is 2.17 bits per heavy atom. The van der Waals surface area contributed by atoms with Crippen LogP contribution in [-0.4, -0.2) is 38.1 Å². The van der Waals surface area contributed by atoms with Gasteiger partial charge in [-0.25, -0.2) is 0 Å². The van der Waals surface area contributed by atoms with Crippen LogP contribution in [0.2, 0.25) is 0 Å². The van der Waals surface area contributed by atoms with Crippen molar-refractivity contribution in [2.75, 3.05) is 33.2 Å². The van der Waals surface area contributed by atoms with Gasteiger partial charge >= 0.3 is 0 Å². The molecule has 0 aromatic rings. The zero-order valence-corrected chi connectivity index (χ0v) is 12.7. The van der Waals surface area contributed by atoms with Crippen molar-refractivity contribution in [3.63, 3.8) is 0 Å². The highest BCUT2D eigenvalue weighted by Gasteiger charge is 2.40. The van der Waals surface area contributed by atoms with E-state index in [9.17, 15) is 0 Å². The Bertz CT molecular complexity index is 252. The molecule has 1 saturated carbocycles. The molecule has 0 amide bonds. The third kappa shape index (κ3) is 2.91. The molecule has 0 aromatic carbocycles. The van der Waals surface area contributed by atoms with Crippen LogP contribution in [0.1, 0.15) is 58.8 Å². The van der Waals surface area contributed by atoms with Gasteiger partial charge in [-0.15, -0.1) is 0 Å². The predicted octanol–water partition coefficient (Wildman–Crippen LogP) is 3.28. The van der Waals surface area contributed by atoms with Crippen molar-refractivity contribution in [3.05, 3.63) is 0 Å².